The highest BCUT2D eigenvalue weighted by Crippen LogP contribution is 2.29. The zero-order valence-corrected chi connectivity index (χ0v) is 22.0. The summed E-state index contributed by atoms with van der Waals surface area (Å²) >= 11 is 0. The molecule has 0 spiro atoms. The van der Waals surface area contributed by atoms with Crippen LogP contribution in [-0.4, -0.2) is 46.1 Å². The molecule has 0 aliphatic carbocycles. The van der Waals surface area contributed by atoms with Crippen LogP contribution >= 0.6 is 0 Å². The summed E-state index contributed by atoms with van der Waals surface area (Å²) < 4.78 is 12.0. The first-order chi connectivity index (χ1) is 18.0. The van der Waals surface area contributed by atoms with Gasteiger partial charge in [0.25, 0.3) is 11.6 Å². The van der Waals surface area contributed by atoms with Gasteiger partial charge in [-0.3, -0.25) is 14.7 Å². The second kappa shape index (κ2) is 12.4. The van der Waals surface area contributed by atoms with Crippen LogP contribution in [0, 0.1) is 13.8 Å². The van der Waals surface area contributed by atoms with E-state index >= 15 is 0 Å². The van der Waals surface area contributed by atoms with E-state index in [4.69, 9.17) is 9.15 Å². The number of oxazole rings is 1. The number of hydrogen-bond acceptors (Lipinski definition) is 7. The van der Waals surface area contributed by atoms with Crippen LogP contribution in [0.25, 0.3) is 22.6 Å². The lowest BCUT2D eigenvalue weighted by Gasteiger charge is -2.21. The molecule has 0 saturated heterocycles. The Morgan fingerprint density at radius 1 is 1.00 bits per heavy atom. The quantitative estimate of drug-likeness (QED) is 0.247. The Morgan fingerprint density at radius 3 is 2.57 bits per heavy atom. The van der Waals surface area contributed by atoms with Crippen molar-refractivity contribution in [2.24, 2.45) is 0 Å². The molecule has 0 saturated carbocycles. The van der Waals surface area contributed by atoms with Gasteiger partial charge in [0.05, 0.1) is 17.5 Å². The second-order valence-corrected chi connectivity index (χ2v) is 9.14. The van der Waals surface area contributed by atoms with E-state index in [0.29, 0.717) is 29.6 Å². The Kier molecular flexibility index (Phi) is 8.74. The van der Waals surface area contributed by atoms with Gasteiger partial charge in [0, 0.05) is 35.8 Å². The zero-order valence-electron chi connectivity index (χ0n) is 22.0. The minimum atomic E-state index is -0.175. The Hall–Kier alpha value is -3.91. The van der Waals surface area contributed by atoms with Crippen molar-refractivity contribution < 1.29 is 9.15 Å². The van der Waals surface area contributed by atoms with Crippen molar-refractivity contribution in [2.45, 2.75) is 40.5 Å². The molecule has 3 heterocycles. The second-order valence-electron chi connectivity index (χ2n) is 9.14. The van der Waals surface area contributed by atoms with Crippen LogP contribution in [-0.2, 0) is 0 Å². The lowest BCUT2D eigenvalue weighted by atomic mass is 10.1. The van der Waals surface area contributed by atoms with Gasteiger partial charge in [0.2, 0.25) is 0 Å². The third-order valence-electron chi connectivity index (χ3n) is 6.09. The number of ether oxygens (including phenoxy) is 1. The first-order valence-electron chi connectivity index (χ1n) is 12.8. The number of aryl methyl sites for hydroxylation is 2. The van der Waals surface area contributed by atoms with E-state index in [1.807, 2.05) is 50.2 Å². The number of anilines is 2. The summed E-state index contributed by atoms with van der Waals surface area (Å²) in [4.78, 5) is 26.4. The molecule has 3 aromatic heterocycles. The van der Waals surface area contributed by atoms with Crippen LogP contribution in [0.15, 0.2) is 64.1 Å². The minimum Gasteiger partial charge on any atom is -0.492 e. The van der Waals surface area contributed by atoms with Gasteiger partial charge >= 0.3 is 0 Å². The molecule has 0 unspecified atom stereocenters. The fourth-order valence-corrected chi connectivity index (χ4v) is 4.17. The van der Waals surface area contributed by atoms with E-state index in [9.17, 15) is 4.79 Å². The minimum absolute atomic E-state index is 0.175. The van der Waals surface area contributed by atoms with Crippen LogP contribution in [0.1, 0.15) is 37.9 Å². The van der Waals surface area contributed by atoms with E-state index in [1.54, 1.807) is 18.5 Å². The predicted octanol–water partition coefficient (Wildman–Crippen LogP) is 5.95. The summed E-state index contributed by atoms with van der Waals surface area (Å²) in [5.74, 6) is 1.38. The molecule has 2 N–H and O–H groups in total. The molecule has 37 heavy (non-hydrogen) atoms. The number of hydrogen-bond donors (Lipinski definition) is 2. The van der Waals surface area contributed by atoms with E-state index in [1.165, 1.54) is 0 Å². The van der Waals surface area contributed by atoms with Crippen molar-refractivity contribution in [1.29, 1.82) is 0 Å². The molecule has 0 bridgehead atoms. The lowest BCUT2D eigenvalue weighted by molar-refractivity contribution is 0.209. The molecule has 0 atom stereocenters. The molecule has 8 heteroatoms. The molecular formula is C29H35N5O3. The summed E-state index contributed by atoms with van der Waals surface area (Å²) in [5, 5.41) is 3.27. The van der Waals surface area contributed by atoms with Crippen LogP contribution in [0.2, 0.25) is 0 Å². The van der Waals surface area contributed by atoms with Crippen LogP contribution in [0.3, 0.4) is 0 Å². The number of pyridine rings is 2. The average Bonchev–Trinajstić information content (AvgIpc) is 3.35. The summed E-state index contributed by atoms with van der Waals surface area (Å²) in [7, 11) is 0. The topological polar surface area (TPSA) is 96.3 Å². The monoisotopic (exact) mass is 501 g/mol. The largest absolute Gasteiger partial charge is 0.492 e. The standard InChI is InChI=1S/C29H35N5O3/c1-5-13-34(14-6-2)15-16-36-23-9-7-20(3)25(18-23)33-29-31-19-27(37-29)22-11-12-30-26(17-22)24-10-8-21(4)32-28(24)35/h7-12,17-19H,5-6,13-16H2,1-4H3,(H,31,33)(H,32,35). The predicted molar refractivity (Wildman–Crippen MR) is 148 cm³/mol. The summed E-state index contributed by atoms with van der Waals surface area (Å²) in [5.41, 5.74) is 4.40. The Balaban J connectivity index is 1.45. The highest BCUT2D eigenvalue weighted by Gasteiger charge is 2.12. The summed E-state index contributed by atoms with van der Waals surface area (Å²) in [6.07, 6.45) is 5.60. The maximum absolute atomic E-state index is 12.4. The van der Waals surface area contributed by atoms with Crippen molar-refractivity contribution in [1.82, 2.24) is 19.9 Å². The van der Waals surface area contributed by atoms with Crippen molar-refractivity contribution in [2.75, 3.05) is 31.6 Å². The van der Waals surface area contributed by atoms with Crippen LogP contribution < -0.4 is 15.6 Å². The molecule has 0 fully saturated rings. The van der Waals surface area contributed by atoms with Gasteiger partial charge < -0.3 is 19.5 Å². The maximum Gasteiger partial charge on any atom is 0.299 e. The summed E-state index contributed by atoms with van der Waals surface area (Å²) in [6, 6.07) is 13.6. The van der Waals surface area contributed by atoms with Crippen molar-refractivity contribution in [3.63, 3.8) is 0 Å². The van der Waals surface area contributed by atoms with Crippen molar-refractivity contribution in [3.05, 3.63) is 76.5 Å². The molecule has 8 nitrogen and oxygen atoms in total. The third-order valence-corrected chi connectivity index (χ3v) is 6.09. The van der Waals surface area contributed by atoms with E-state index in [2.05, 4.69) is 39.0 Å². The van der Waals surface area contributed by atoms with Crippen LogP contribution in [0.5, 0.6) is 5.75 Å². The number of benzene rings is 1. The highest BCUT2D eigenvalue weighted by atomic mass is 16.5. The number of aromatic amines is 1. The average molecular weight is 502 g/mol. The summed E-state index contributed by atoms with van der Waals surface area (Å²) in [6.45, 7) is 12.0. The molecule has 4 rings (SSSR count). The molecule has 0 radical (unpaired) electrons. The van der Waals surface area contributed by atoms with Crippen molar-refractivity contribution in [3.8, 4) is 28.3 Å². The van der Waals surface area contributed by atoms with Gasteiger partial charge in [-0.25, -0.2) is 4.98 Å². The van der Waals surface area contributed by atoms with E-state index < -0.39 is 0 Å². The smallest absolute Gasteiger partial charge is 0.299 e. The van der Waals surface area contributed by atoms with E-state index in [0.717, 1.165) is 60.7 Å². The van der Waals surface area contributed by atoms with Gasteiger partial charge in [-0.05, 0) is 75.7 Å². The van der Waals surface area contributed by atoms with Crippen molar-refractivity contribution >= 4 is 11.7 Å². The zero-order chi connectivity index (χ0) is 26.2. The fraction of sp³-hybridized carbons (Fsp3) is 0.345. The Morgan fingerprint density at radius 2 is 1.81 bits per heavy atom. The van der Waals surface area contributed by atoms with E-state index in [-0.39, 0.29) is 5.56 Å². The Labute approximate surface area is 217 Å². The molecule has 1 aromatic carbocycles. The number of rotatable bonds is 12. The SMILES string of the molecule is CCCN(CCC)CCOc1ccc(C)c(Nc2ncc(-c3ccnc(-c4ccc(C)[nH]c4=O)c3)o2)c1. The number of H-pyrrole nitrogens is 1. The lowest BCUT2D eigenvalue weighted by Crippen LogP contribution is -2.30. The fourth-order valence-electron chi connectivity index (χ4n) is 4.17. The molecular weight excluding hydrogens is 466 g/mol. The maximum atomic E-state index is 12.4. The first kappa shape index (κ1) is 26.2. The van der Waals surface area contributed by atoms with Gasteiger partial charge in [-0.2, -0.15) is 0 Å². The number of aromatic nitrogens is 3. The highest BCUT2D eigenvalue weighted by molar-refractivity contribution is 5.68. The van der Waals surface area contributed by atoms with Gasteiger partial charge in [-0.15, -0.1) is 0 Å². The normalized spacial score (nSPS) is 11.2. The van der Waals surface area contributed by atoms with Gasteiger partial charge in [0.1, 0.15) is 12.4 Å². The number of nitrogens with zero attached hydrogens (tertiary/aromatic N) is 3. The number of nitrogens with one attached hydrogen (secondary N) is 2. The van der Waals surface area contributed by atoms with Gasteiger partial charge in [0.15, 0.2) is 5.76 Å². The first-order valence-corrected chi connectivity index (χ1v) is 12.8. The molecule has 0 amide bonds. The third kappa shape index (κ3) is 6.86. The Bertz CT molecular complexity index is 1370. The van der Waals surface area contributed by atoms with Gasteiger partial charge in [-0.1, -0.05) is 19.9 Å². The molecule has 194 valence electrons. The molecule has 0 aliphatic heterocycles. The molecule has 4 aromatic rings. The molecule has 0 aliphatic rings. The van der Waals surface area contributed by atoms with Crippen LogP contribution in [0.4, 0.5) is 11.7 Å².